The van der Waals surface area contributed by atoms with Gasteiger partial charge in [-0.1, -0.05) is 11.6 Å². The molecule has 4 bridgehead atoms. The predicted molar refractivity (Wildman–Crippen MR) is 127 cm³/mol. The number of fused-ring (bicyclic) bond motifs is 1. The van der Waals surface area contributed by atoms with E-state index in [0.717, 1.165) is 36.9 Å². The molecule has 4 aliphatic rings. The highest BCUT2D eigenvalue weighted by molar-refractivity contribution is 6.31. The third-order valence-electron chi connectivity index (χ3n) is 7.79. The van der Waals surface area contributed by atoms with Crippen LogP contribution in [0.4, 0.5) is 0 Å². The highest BCUT2D eigenvalue weighted by Crippen LogP contribution is 2.49. The molecule has 32 heavy (non-hydrogen) atoms. The molecule has 4 fully saturated rings. The van der Waals surface area contributed by atoms with Gasteiger partial charge in [0.2, 0.25) is 0 Å². The van der Waals surface area contributed by atoms with Crippen molar-refractivity contribution in [1.82, 2.24) is 14.8 Å². The highest BCUT2D eigenvalue weighted by atomic mass is 35.5. The molecule has 172 valence electrons. The molecule has 2 aliphatic carbocycles. The van der Waals surface area contributed by atoms with Crippen molar-refractivity contribution in [3.8, 4) is 5.75 Å². The van der Waals surface area contributed by atoms with Gasteiger partial charge in [-0.15, -0.1) is 0 Å². The number of hydrogen-bond donors (Lipinski definition) is 2. The van der Waals surface area contributed by atoms with Crippen molar-refractivity contribution >= 4 is 28.4 Å². The van der Waals surface area contributed by atoms with Gasteiger partial charge in [-0.3, -0.25) is 14.5 Å². The molecule has 2 saturated carbocycles. The molecule has 0 unspecified atom stereocenters. The number of nitrogens with one attached hydrogen (secondary N) is 1. The first-order valence-corrected chi connectivity index (χ1v) is 12.3. The van der Waals surface area contributed by atoms with E-state index in [4.69, 9.17) is 11.6 Å². The van der Waals surface area contributed by atoms with E-state index in [-0.39, 0.29) is 17.4 Å². The zero-order valence-electron chi connectivity index (χ0n) is 18.8. The smallest absolute Gasteiger partial charge is 0.267 e. The first-order valence-electron chi connectivity index (χ1n) is 11.9. The summed E-state index contributed by atoms with van der Waals surface area (Å²) in [6.45, 7) is 5.22. The summed E-state index contributed by atoms with van der Waals surface area (Å²) >= 11 is 6.12. The number of rotatable bonds is 6. The fourth-order valence-corrected chi connectivity index (χ4v) is 6.80. The number of carbonyl (C=O) groups excluding carboxylic acids is 1. The minimum atomic E-state index is -0.524. The largest absolute Gasteiger partial charge is 0.506 e. The molecule has 2 aliphatic heterocycles. The molecular formula is C25H32ClN3O3. The summed E-state index contributed by atoms with van der Waals surface area (Å²) in [4.78, 5) is 28.7. The summed E-state index contributed by atoms with van der Waals surface area (Å²) in [5.41, 5.74) is -0.115. The molecule has 1 aromatic heterocycles. The average molecular weight is 458 g/mol. The second-order valence-electron chi connectivity index (χ2n) is 10.2. The standard InChI is InChI=1S/C25H32ClN3O3/c1-14(2)29-21-5-4-17(26)13-20(21)23(30)22(25(29)32)24(31)27-6-3-7-28-18-9-15-8-16(11-18)12-19(28)10-15/h4-5,13-16,18-19,30H,3,6-12H2,1-2H3,(H,27,31). The van der Waals surface area contributed by atoms with Crippen LogP contribution in [0.5, 0.6) is 5.75 Å². The van der Waals surface area contributed by atoms with Gasteiger partial charge in [0.15, 0.2) is 0 Å². The summed E-state index contributed by atoms with van der Waals surface area (Å²) < 4.78 is 1.54. The zero-order chi connectivity index (χ0) is 22.6. The maximum Gasteiger partial charge on any atom is 0.267 e. The van der Waals surface area contributed by atoms with E-state index in [9.17, 15) is 14.7 Å². The van der Waals surface area contributed by atoms with Gasteiger partial charge in [0.1, 0.15) is 11.3 Å². The van der Waals surface area contributed by atoms with Gasteiger partial charge in [0.05, 0.1) is 5.52 Å². The lowest BCUT2D eigenvalue weighted by Crippen LogP contribution is -2.58. The van der Waals surface area contributed by atoms with Crippen LogP contribution >= 0.6 is 11.6 Å². The Morgan fingerprint density at radius 1 is 1.16 bits per heavy atom. The van der Waals surface area contributed by atoms with E-state index in [1.54, 1.807) is 22.8 Å². The summed E-state index contributed by atoms with van der Waals surface area (Å²) in [6, 6.07) is 6.26. The molecule has 6 nitrogen and oxygen atoms in total. The number of aromatic nitrogens is 1. The Labute approximate surface area is 193 Å². The number of nitrogens with zero attached hydrogens (tertiary/aromatic N) is 2. The fourth-order valence-electron chi connectivity index (χ4n) is 6.63. The Morgan fingerprint density at radius 2 is 1.81 bits per heavy atom. The SMILES string of the molecule is CC(C)n1c(=O)c(C(=O)NCCCN2C3CC4CC(C3)CC2C4)c(O)c2cc(Cl)ccc21. The lowest BCUT2D eigenvalue weighted by molar-refractivity contribution is -0.0587. The normalized spacial score (nSPS) is 26.9. The predicted octanol–water partition coefficient (Wildman–Crippen LogP) is 4.32. The molecule has 6 rings (SSSR count). The third kappa shape index (κ3) is 3.71. The van der Waals surface area contributed by atoms with Crippen molar-refractivity contribution in [2.75, 3.05) is 13.1 Å². The van der Waals surface area contributed by atoms with Crippen molar-refractivity contribution < 1.29 is 9.90 Å². The molecule has 0 spiro atoms. The number of benzene rings is 1. The lowest BCUT2D eigenvalue weighted by Gasteiger charge is -2.56. The van der Waals surface area contributed by atoms with Crippen LogP contribution in [0.15, 0.2) is 23.0 Å². The third-order valence-corrected chi connectivity index (χ3v) is 8.03. The van der Waals surface area contributed by atoms with Crippen LogP contribution in [0.3, 0.4) is 0 Å². The van der Waals surface area contributed by atoms with Crippen LogP contribution in [-0.2, 0) is 0 Å². The Bertz CT molecular complexity index is 1080. The van der Waals surface area contributed by atoms with E-state index in [0.29, 0.717) is 22.5 Å². The quantitative estimate of drug-likeness (QED) is 0.633. The Morgan fingerprint density at radius 3 is 2.44 bits per heavy atom. The van der Waals surface area contributed by atoms with Crippen molar-refractivity contribution in [1.29, 1.82) is 0 Å². The van der Waals surface area contributed by atoms with Crippen molar-refractivity contribution in [3.63, 3.8) is 0 Å². The zero-order valence-corrected chi connectivity index (χ0v) is 19.6. The summed E-state index contributed by atoms with van der Waals surface area (Å²) in [5.74, 6) is 1.04. The minimum absolute atomic E-state index is 0.164. The van der Waals surface area contributed by atoms with Crippen LogP contribution < -0.4 is 10.9 Å². The topological polar surface area (TPSA) is 74.6 Å². The number of halogens is 1. The first kappa shape index (κ1) is 21.8. The van der Waals surface area contributed by atoms with Crippen LogP contribution in [0, 0.1) is 11.8 Å². The maximum absolute atomic E-state index is 13.1. The fraction of sp³-hybridized carbons (Fsp3) is 0.600. The monoisotopic (exact) mass is 457 g/mol. The van der Waals surface area contributed by atoms with Gasteiger partial charge in [-0.2, -0.15) is 0 Å². The van der Waals surface area contributed by atoms with Crippen molar-refractivity contribution in [3.05, 3.63) is 39.1 Å². The first-order chi connectivity index (χ1) is 15.3. The Balaban J connectivity index is 1.29. The maximum atomic E-state index is 13.1. The van der Waals surface area contributed by atoms with E-state index >= 15 is 0 Å². The number of amides is 1. The summed E-state index contributed by atoms with van der Waals surface area (Å²) in [7, 11) is 0. The Hall–Kier alpha value is -2.05. The van der Waals surface area contributed by atoms with E-state index in [1.807, 2.05) is 13.8 Å². The number of aromatic hydroxyl groups is 1. The minimum Gasteiger partial charge on any atom is -0.506 e. The van der Waals surface area contributed by atoms with Gasteiger partial charge in [-0.25, -0.2) is 0 Å². The molecule has 1 aromatic carbocycles. The van der Waals surface area contributed by atoms with Crippen LogP contribution in [0.1, 0.15) is 68.8 Å². The highest BCUT2D eigenvalue weighted by Gasteiger charge is 2.46. The van der Waals surface area contributed by atoms with E-state index < -0.39 is 11.5 Å². The van der Waals surface area contributed by atoms with Crippen LogP contribution in [-0.4, -0.2) is 45.7 Å². The van der Waals surface area contributed by atoms with Crippen molar-refractivity contribution in [2.24, 2.45) is 11.8 Å². The van der Waals surface area contributed by atoms with Gasteiger partial charge in [0, 0.05) is 41.6 Å². The lowest BCUT2D eigenvalue weighted by atomic mass is 9.63. The van der Waals surface area contributed by atoms with Crippen molar-refractivity contribution in [2.45, 2.75) is 70.5 Å². The average Bonchev–Trinajstić information content (AvgIpc) is 2.72. The number of piperidine rings is 2. The molecule has 0 radical (unpaired) electrons. The van der Waals surface area contributed by atoms with Crippen LogP contribution in [0.25, 0.3) is 10.9 Å². The van der Waals surface area contributed by atoms with Gasteiger partial charge >= 0.3 is 0 Å². The second kappa shape index (κ2) is 8.38. The molecule has 1 amide bonds. The second-order valence-corrected chi connectivity index (χ2v) is 10.7. The molecule has 3 heterocycles. The molecule has 0 atom stereocenters. The molecular weight excluding hydrogens is 426 g/mol. The molecule has 2 N–H and O–H groups in total. The number of carbonyl (C=O) groups is 1. The van der Waals surface area contributed by atoms with Crippen LogP contribution in [0.2, 0.25) is 5.02 Å². The molecule has 2 aromatic rings. The molecule has 2 saturated heterocycles. The Kier molecular flexibility index (Phi) is 5.70. The number of hydrogen-bond acceptors (Lipinski definition) is 4. The summed E-state index contributed by atoms with van der Waals surface area (Å²) in [6.07, 6.45) is 7.62. The number of pyridine rings is 1. The van der Waals surface area contributed by atoms with E-state index in [2.05, 4.69) is 10.2 Å². The van der Waals surface area contributed by atoms with Gasteiger partial charge < -0.3 is 15.0 Å². The van der Waals surface area contributed by atoms with E-state index in [1.165, 1.54) is 32.1 Å². The summed E-state index contributed by atoms with van der Waals surface area (Å²) in [5, 5.41) is 14.5. The van der Waals surface area contributed by atoms with Gasteiger partial charge in [0.25, 0.3) is 11.5 Å². The van der Waals surface area contributed by atoms with Gasteiger partial charge in [-0.05, 0) is 82.4 Å². The molecule has 7 heteroatoms.